The van der Waals surface area contributed by atoms with Crippen LogP contribution in [0.25, 0.3) is 0 Å². The summed E-state index contributed by atoms with van der Waals surface area (Å²) in [5.74, 6) is 0. The first-order valence-corrected chi connectivity index (χ1v) is 20.7. The highest BCUT2D eigenvalue weighted by Gasteiger charge is 2.35. The van der Waals surface area contributed by atoms with Crippen molar-refractivity contribution in [3.63, 3.8) is 0 Å². The highest BCUT2D eigenvalue weighted by Crippen LogP contribution is 2.39. The van der Waals surface area contributed by atoms with Gasteiger partial charge in [0.25, 0.3) is 0 Å². The van der Waals surface area contributed by atoms with Crippen molar-refractivity contribution in [3.05, 3.63) is 28.8 Å². The van der Waals surface area contributed by atoms with Gasteiger partial charge in [0.05, 0.1) is 16.1 Å². The van der Waals surface area contributed by atoms with E-state index in [0.29, 0.717) is 0 Å². The van der Waals surface area contributed by atoms with Crippen molar-refractivity contribution in [2.75, 3.05) is 0 Å². The smallest absolute Gasteiger partial charge is 0.0731 e. The first-order valence-electron chi connectivity index (χ1n) is 11.3. The van der Waals surface area contributed by atoms with E-state index < -0.39 is 23.3 Å². The Kier molecular flexibility index (Phi) is 8.31. The molecule has 172 valence electrons. The Labute approximate surface area is 199 Å². The molecule has 30 heavy (non-hydrogen) atoms. The Balaban J connectivity index is 4.48. The maximum absolute atomic E-state index is 3.93. The van der Waals surface area contributed by atoms with Crippen LogP contribution < -0.4 is 5.30 Å². The minimum absolute atomic E-state index is 0.108. The molecule has 0 aliphatic heterocycles. The molecule has 0 nitrogen and oxygen atoms in total. The lowest BCUT2D eigenvalue weighted by molar-refractivity contribution is 0.554. The molecule has 1 atom stereocenters. The molecule has 0 fully saturated rings. The number of hydrogen-bond donors (Lipinski definition) is 0. The third kappa shape index (κ3) is 6.59. The Morgan fingerprint density at radius 1 is 0.700 bits per heavy atom. The molecule has 0 saturated carbocycles. The highest BCUT2D eigenvalue weighted by atomic mass is 79.9. The Morgan fingerprint density at radius 2 is 1.03 bits per heavy atom. The fourth-order valence-electron chi connectivity index (χ4n) is 4.53. The average molecular weight is 528 g/mol. The summed E-state index contributed by atoms with van der Waals surface area (Å²) in [5, 5.41) is 1.63. The van der Waals surface area contributed by atoms with Gasteiger partial charge in [0.15, 0.2) is 0 Å². The summed E-state index contributed by atoms with van der Waals surface area (Å²) >= 11 is 3.93. The zero-order chi connectivity index (χ0) is 24.1. The average Bonchev–Trinajstić information content (AvgIpc) is 2.45. The van der Waals surface area contributed by atoms with Crippen LogP contribution in [0.5, 0.6) is 0 Å². The van der Waals surface area contributed by atoms with Crippen molar-refractivity contribution < 1.29 is 0 Å². The Morgan fingerprint density at radius 3 is 1.23 bits per heavy atom. The molecule has 0 N–H and O–H groups in total. The number of hydrogen-bond acceptors (Lipinski definition) is 0. The van der Waals surface area contributed by atoms with Gasteiger partial charge >= 0.3 is 0 Å². The van der Waals surface area contributed by atoms with E-state index >= 15 is 0 Å². The monoisotopic (exact) mass is 526 g/mol. The van der Waals surface area contributed by atoms with Gasteiger partial charge < -0.3 is 0 Å². The van der Waals surface area contributed by atoms with Crippen LogP contribution in [0.15, 0.2) is 12.1 Å². The Bertz CT molecular complexity index is 817. The normalized spacial score (nSPS) is 14.9. The van der Waals surface area contributed by atoms with E-state index in [1.807, 2.05) is 4.54 Å². The van der Waals surface area contributed by atoms with Crippen LogP contribution in [0.4, 0.5) is 0 Å². The van der Waals surface area contributed by atoms with Gasteiger partial charge in [-0.3, -0.25) is 0 Å². The maximum atomic E-state index is 3.93. The quantitative estimate of drug-likeness (QED) is 0.272. The zero-order valence-corrected chi connectivity index (χ0v) is 27.0. The lowest BCUT2D eigenvalue weighted by Gasteiger charge is -2.37. The van der Waals surface area contributed by atoms with E-state index in [2.05, 4.69) is 134 Å². The molecule has 0 aromatic heterocycles. The summed E-state index contributed by atoms with van der Waals surface area (Å²) < 4.78 is 4.33. The van der Waals surface area contributed by atoms with E-state index in [9.17, 15) is 0 Å². The number of rotatable bonds is 3. The molecule has 1 aromatic rings. The van der Waals surface area contributed by atoms with Crippen molar-refractivity contribution in [1.82, 2.24) is 0 Å². The molecule has 1 aromatic carbocycles. The first kappa shape index (κ1) is 28.2. The molecule has 0 radical (unpaired) electrons. The predicted molar refractivity (Wildman–Crippen MR) is 156 cm³/mol. The topological polar surface area (TPSA) is 0 Å². The van der Waals surface area contributed by atoms with Crippen molar-refractivity contribution in [2.45, 2.75) is 118 Å². The van der Waals surface area contributed by atoms with Crippen LogP contribution >= 0.6 is 23.1 Å². The second-order valence-corrected chi connectivity index (χ2v) is 28.4. The summed E-state index contributed by atoms with van der Waals surface area (Å²) in [7, 11) is -3.39. The van der Waals surface area contributed by atoms with Gasteiger partial charge in [0.2, 0.25) is 0 Å². The van der Waals surface area contributed by atoms with Gasteiger partial charge in [-0.05, 0) is 32.9 Å². The first-order chi connectivity index (χ1) is 13.0. The van der Waals surface area contributed by atoms with Crippen LogP contribution in [0, 0.1) is 0 Å². The molecule has 0 amide bonds. The highest BCUT2D eigenvalue weighted by molar-refractivity contribution is 9.18. The van der Waals surface area contributed by atoms with Gasteiger partial charge in [-0.25, -0.2) is 0 Å². The summed E-state index contributed by atoms with van der Waals surface area (Å²) in [6.45, 7) is 36.8. The minimum atomic E-state index is -1.46. The molecule has 4 heteroatoms. The van der Waals surface area contributed by atoms with Crippen LogP contribution in [0.3, 0.4) is 0 Å². The summed E-state index contributed by atoms with van der Waals surface area (Å²) in [6, 6.07) is 5.09. The van der Waals surface area contributed by atoms with E-state index in [0.717, 1.165) is 0 Å². The van der Waals surface area contributed by atoms with Crippen molar-refractivity contribution in [3.8, 4) is 0 Å². The van der Waals surface area contributed by atoms with Gasteiger partial charge in [0, 0.05) is 10.0 Å². The van der Waals surface area contributed by atoms with E-state index in [1.165, 1.54) is 5.56 Å². The van der Waals surface area contributed by atoms with E-state index in [4.69, 9.17) is 0 Å². The number of benzene rings is 1. The minimum Gasteiger partial charge on any atom is -0.0944 e. The van der Waals surface area contributed by atoms with Crippen molar-refractivity contribution in [1.29, 1.82) is 0 Å². The lowest BCUT2D eigenvalue weighted by Crippen LogP contribution is -2.49. The van der Waals surface area contributed by atoms with E-state index in [-0.39, 0.29) is 16.2 Å². The number of halogens is 1. The molecule has 0 aliphatic rings. The second-order valence-electron chi connectivity index (χ2n) is 14.0. The fraction of sp³-hybridized carbons (Fsp3) is 0.692. The third-order valence-electron chi connectivity index (χ3n) is 5.59. The molecule has 0 heterocycles. The van der Waals surface area contributed by atoms with Crippen LogP contribution in [-0.4, -0.2) is 25.4 Å². The molecule has 1 rings (SSSR count). The third-order valence-corrected chi connectivity index (χ3v) is 21.3. The lowest BCUT2D eigenvalue weighted by atomic mass is 9.75. The second kappa shape index (κ2) is 8.84. The van der Waals surface area contributed by atoms with Gasteiger partial charge in [-0.15, -0.1) is 0 Å². The van der Waals surface area contributed by atoms with E-state index in [1.54, 1.807) is 16.4 Å². The zero-order valence-electron chi connectivity index (χ0n) is 22.6. The predicted octanol–water partition coefficient (Wildman–Crippen LogP) is 8.77. The maximum Gasteiger partial charge on any atom is 0.0731 e. The largest absolute Gasteiger partial charge is 0.0944 e. The summed E-state index contributed by atoms with van der Waals surface area (Å²) in [4.78, 5) is 0. The molecule has 0 bridgehead atoms. The van der Waals surface area contributed by atoms with Gasteiger partial charge in [-0.1, -0.05) is 141 Å². The van der Waals surface area contributed by atoms with Crippen molar-refractivity contribution >= 4 is 53.8 Å². The van der Waals surface area contributed by atoms with Crippen LogP contribution in [0.2, 0.25) is 39.3 Å². The molecule has 0 aliphatic carbocycles. The summed E-state index contributed by atoms with van der Waals surface area (Å²) in [5.41, 5.74) is 4.93. The van der Waals surface area contributed by atoms with Crippen LogP contribution in [0.1, 0.15) is 79.0 Å². The van der Waals surface area contributed by atoms with Gasteiger partial charge in [0.1, 0.15) is 0 Å². The molecule has 1 unspecified atom stereocenters. The summed E-state index contributed by atoms with van der Waals surface area (Å²) in [6.07, 6.45) is 0. The SMILES string of the molecule is CC(C)(C)c1cc(C(C)(C)C)c(P(=CBr)=C([Si](C)(C)C)[Si](C)(C)C)c(C(C)(C)C)c1. The molecular formula is C26H48BrPSi2. The van der Waals surface area contributed by atoms with Crippen LogP contribution in [-0.2, 0) is 16.2 Å². The Hall–Kier alpha value is 0.174. The van der Waals surface area contributed by atoms with Crippen molar-refractivity contribution in [2.24, 2.45) is 0 Å². The van der Waals surface area contributed by atoms with Gasteiger partial charge in [-0.2, -0.15) is 0 Å². The molecule has 0 saturated heterocycles. The molecule has 0 spiro atoms. The standard InChI is InChI=1S/C26H48BrPSi2/c1-24(2,3)19-16-20(25(4,5)6)22(21(17-19)26(7,8)9)28(18-27)23(29(10,11)12)30(13,14)15/h16-18H,1-15H3. The molecular weight excluding hydrogens is 479 g/mol. The fourth-order valence-corrected chi connectivity index (χ4v) is 24.5.